The molecule has 1 fully saturated rings. The Labute approximate surface area is 125 Å². The number of amides is 1. The molecule has 0 aromatic heterocycles. The molecule has 1 aliphatic rings. The predicted molar refractivity (Wildman–Crippen MR) is 81.6 cm³/mol. The van der Waals surface area contributed by atoms with Crippen molar-refractivity contribution in [3.05, 3.63) is 24.3 Å². The number of anilines is 1. The summed E-state index contributed by atoms with van der Waals surface area (Å²) in [5.74, 6) is -0.187. The second kappa shape index (κ2) is 7.02. The molecule has 1 heterocycles. The van der Waals surface area contributed by atoms with E-state index in [9.17, 15) is 13.2 Å². The second-order valence-corrected chi connectivity index (χ2v) is 6.95. The molecule has 1 atom stereocenters. The van der Waals surface area contributed by atoms with Crippen LogP contribution in [0.2, 0.25) is 0 Å². The molecule has 21 heavy (non-hydrogen) atoms. The van der Waals surface area contributed by atoms with Gasteiger partial charge in [0.2, 0.25) is 15.9 Å². The van der Waals surface area contributed by atoms with Crippen molar-refractivity contribution < 1.29 is 13.2 Å². The minimum atomic E-state index is -3.49. The van der Waals surface area contributed by atoms with E-state index in [1.165, 1.54) is 19.1 Å². The maximum atomic E-state index is 12.1. The number of nitrogens with one attached hydrogen (secondary N) is 3. The van der Waals surface area contributed by atoms with E-state index < -0.39 is 10.0 Å². The van der Waals surface area contributed by atoms with Crippen molar-refractivity contribution in [2.45, 2.75) is 37.1 Å². The Bertz CT molecular complexity index is 578. The molecule has 0 saturated carbocycles. The highest BCUT2D eigenvalue weighted by molar-refractivity contribution is 7.89. The normalized spacial score (nSPS) is 18.6. The van der Waals surface area contributed by atoms with Gasteiger partial charge in [-0.1, -0.05) is 0 Å². The highest BCUT2D eigenvalue weighted by Gasteiger charge is 2.17. The first kappa shape index (κ1) is 15.9. The number of rotatable bonds is 6. The molecule has 1 amide bonds. The van der Waals surface area contributed by atoms with E-state index in [4.69, 9.17) is 0 Å². The van der Waals surface area contributed by atoms with Gasteiger partial charge in [0, 0.05) is 25.2 Å². The van der Waals surface area contributed by atoms with Crippen LogP contribution in [0, 0.1) is 0 Å². The summed E-state index contributed by atoms with van der Waals surface area (Å²) in [4.78, 5) is 11.1. The molecule has 1 saturated heterocycles. The summed E-state index contributed by atoms with van der Waals surface area (Å²) in [5, 5.41) is 5.93. The van der Waals surface area contributed by atoms with Crippen molar-refractivity contribution in [3.8, 4) is 0 Å². The fourth-order valence-electron chi connectivity index (χ4n) is 2.37. The molecule has 0 bridgehead atoms. The standard InChI is InChI=1S/C14H21N3O3S/c1-11(18)17-13-4-6-14(7-5-13)21(19,20)16-10-8-12-3-2-9-15-12/h4-7,12,15-16H,2-3,8-10H2,1H3,(H,17,18)/t12-/m1/s1. The van der Waals surface area contributed by atoms with E-state index in [0.717, 1.165) is 25.8 Å². The van der Waals surface area contributed by atoms with Gasteiger partial charge in [0.25, 0.3) is 0 Å². The molecular weight excluding hydrogens is 290 g/mol. The van der Waals surface area contributed by atoms with Crippen LogP contribution in [0.4, 0.5) is 5.69 Å². The molecule has 7 heteroatoms. The topological polar surface area (TPSA) is 87.3 Å². The quantitative estimate of drug-likeness (QED) is 0.733. The Morgan fingerprint density at radius 1 is 1.33 bits per heavy atom. The van der Waals surface area contributed by atoms with Crippen molar-refractivity contribution in [1.29, 1.82) is 0 Å². The summed E-state index contributed by atoms with van der Waals surface area (Å²) in [5.41, 5.74) is 0.580. The molecule has 0 unspecified atom stereocenters. The first-order valence-electron chi connectivity index (χ1n) is 7.08. The van der Waals surface area contributed by atoms with Crippen LogP contribution in [0.25, 0.3) is 0 Å². The van der Waals surface area contributed by atoms with Gasteiger partial charge in [-0.25, -0.2) is 13.1 Å². The summed E-state index contributed by atoms with van der Waals surface area (Å²) in [6, 6.07) is 6.54. The summed E-state index contributed by atoms with van der Waals surface area (Å²) >= 11 is 0. The molecule has 0 radical (unpaired) electrons. The van der Waals surface area contributed by atoms with Gasteiger partial charge in [-0.05, 0) is 50.1 Å². The number of carbonyl (C=O) groups excluding carboxylic acids is 1. The number of benzene rings is 1. The average molecular weight is 311 g/mol. The molecular formula is C14H21N3O3S. The minimum absolute atomic E-state index is 0.187. The summed E-state index contributed by atoms with van der Waals surface area (Å²) < 4.78 is 26.8. The predicted octanol–water partition coefficient (Wildman–Crippen LogP) is 1.07. The van der Waals surface area contributed by atoms with Crippen LogP contribution in [0.5, 0.6) is 0 Å². The van der Waals surface area contributed by atoms with Crippen molar-refractivity contribution in [2.24, 2.45) is 0 Å². The van der Waals surface area contributed by atoms with Crippen LogP contribution < -0.4 is 15.4 Å². The SMILES string of the molecule is CC(=O)Nc1ccc(S(=O)(=O)NCC[C@H]2CCCN2)cc1. The molecule has 116 valence electrons. The maximum absolute atomic E-state index is 12.1. The summed E-state index contributed by atoms with van der Waals surface area (Å²) in [6.07, 6.45) is 3.05. The zero-order valence-corrected chi connectivity index (χ0v) is 12.9. The van der Waals surface area contributed by atoms with Gasteiger partial charge in [-0.15, -0.1) is 0 Å². The first-order chi connectivity index (χ1) is 9.97. The van der Waals surface area contributed by atoms with E-state index in [0.29, 0.717) is 18.3 Å². The molecule has 0 aliphatic carbocycles. The van der Waals surface area contributed by atoms with E-state index in [2.05, 4.69) is 15.4 Å². The van der Waals surface area contributed by atoms with E-state index in [1.807, 2.05) is 0 Å². The monoisotopic (exact) mass is 311 g/mol. The van der Waals surface area contributed by atoms with Gasteiger partial charge >= 0.3 is 0 Å². The van der Waals surface area contributed by atoms with Gasteiger partial charge in [0.05, 0.1) is 4.90 Å². The Hall–Kier alpha value is -1.44. The third-order valence-corrected chi connectivity index (χ3v) is 4.91. The van der Waals surface area contributed by atoms with Gasteiger partial charge in [0.15, 0.2) is 0 Å². The third-order valence-electron chi connectivity index (χ3n) is 3.43. The van der Waals surface area contributed by atoms with Crippen molar-refractivity contribution in [2.75, 3.05) is 18.4 Å². The Balaban J connectivity index is 1.90. The highest BCUT2D eigenvalue weighted by atomic mass is 32.2. The van der Waals surface area contributed by atoms with E-state index in [-0.39, 0.29) is 10.8 Å². The first-order valence-corrected chi connectivity index (χ1v) is 8.56. The molecule has 0 spiro atoms. The fourth-order valence-corrected chi connectivity index (χ4v) is 3.42. The number of hydrogen-bond acceptors (Lipinski definition) is 4. The molecule has 1 aromatic carbocycles. The molecule has 2 rings (SSSR count). The maximum Gasteiger partial charge on any atom is 0.240 e. The highest BCUT2D eigenvalue weighted by Crippen LogP contribution is 2.14. The summed E-state index contributed by atoms with van der Waals surface area (Å²) in [6.45, 7) is 2.85. The smallest absolute Gasteiger partial charge is 0.240 e. The minimum Gasteiger partial charge on any atom is -0.326 e. The van der Waals surface area contributed by atoms with Crippen molar-refractivity contribution in [3.63, 3.8) is 0 Å². The zero-order chi connectivity index (χ0) is 15.3. The lowest BCUT2D eigenvalue weighted by molar-refractivity contribution is -0.114. The lowest BCUT2D eigenvalue weighted by Crippen LogP contribution is -2.30. The van der Waals surface area contributed by atoms with Crippen LogP contribution >= 0.6 is 0 Å². The lowest BCUT2D eigenvalue weighted by atomic mass is 10.2. The van der Waals surface area contributed by atoms with E-state index in [1.54, 1.807) is 12.1 Å². The average Bonchev–Trinajstić information content (AvgIpc) is 2.91. The Morgan fingerprint density at radius 2 is 2.05 bits per heavy atom. The van der Waals surface area contributed by atoms with Gasteiger partial charge in [-0.3, -0.25) is 4.79 Å². The number of sulfonamides is 1. The zero-order valence-electron chi connectivity index (χ0n) is 12.1. The van der Waals surface area contributed by atoms with Crippen LogP contribution in [-0.2, 0) is 14.8 Å². The van der Waals surface area contributed by atoms with Crippen LogP contribution in [-0.4, -0.2) is 33.5 Å². The number of hydrogen-bond donors (Lipinski definition) is 3. The van der Waals surface area contributed by atoms with Gasteiger partial charge in [-0.2, -0.15) is 0 Å². The molecule has 1 aliphatic heterocycles. The summed E-state index contributed by atoms with van der Waals surface area (Å²) in [7, 11) is -3.49. The van der Waals surface area contributed by atoms with Crippen LogP contribution in [0.3, 0.4) is 0 Å². The van der Waals surface area contributed by atoms with Crippen LogP contribution in [0.1, 0.15) is 26.2 Å². The van der Waals surface area contributed by atoms with Crippen LogP contribution in [0.15, 0.2) is 29.2 Å². The molecule has 3 N–H and O–H groups in total. The second-order valence-electron chi connectivity index (χ2n) is 5.19. The number of carbonyl (C=O) groups is 1. The van der Waals surface area contributed by atoms with E-state index >= 15 is 0 Å². The lowest BCUT2D eigenvalue weighted by Gasteiger charge is -2.11. The fraction of sp³-hybridized carbons (Fsp3) is 0.500. The largest absolute Gasteiger partial charge is 0.326 e. The van der Waals surface area contributed by atoms with Gasteiger partial charge < -0.3 is 10.6 Å². The molecule has 1 aromatic rings. The van der Waals surface area contributed by atoms with Crippen molar-refractivity contribution >= 4 is 21.6 Å². The Kier molecular flexibility index (Phi) is 5.33. The van der Waals surface area contributed by atoms with Gasteiger partial charge in [0.1, 0.15) is 0 Å². The third kappa shape index (κ3) is 4.80. The van der Waals surface area contributed by atoms with Crippen molar-refractivity contribution in [1.82, 2.24) is 10.0 Å². The molecule has 6 nitrogen and oxygen atoms in total. The Morgan fingerprint density at radius 3 is 2.62 bits per heavy atom.